The number of hydrogen-bond acceptors (Lipinski definition) is 1. The zero-order chi connectivity index (χ0) is 7.33. The number of thioether (sulfide) groups is 1. The maximum absolute atomic E-state index is 11.3. The summed E-state index contributed by atoms with van der Waals surface area (Å²) >= 11 is 1.20. The normalized spacial score (nSPS) is 12.0. The van der Waals surface area contributed by atoms with E-state index in [9.17, 15) is 13.2 Å². The SMILES string of the molecule is [CH2]CSCCC(F)(F)F. The first kappa shape index (κ1) is 9.14. The Kier molecular flexibility index (Phi) is 4.10. The molecule has 0 aliphatic heterocycles. The van der Waals surface area contributed by atoms with Crippen molar-refractivity contribution in [2.45, 2.75) is 12.6 Å². The molecule has 1 radical (unpaired) electrons. The van der Waals surface area contributed by atoms with Gasteiger partial charge in [0.15, 0.2) is 0 Å². The van der Waals surface area contributed by atoms with Gasteiger partial charge in [0.2, 0.25) is 0 Å². The van der Waals surface area contributed by atoms with Crippen LogP contribution in [0.4, 0.5) is 13.2 Å². The minimum atomic E-state index is -4.00. The average molecular weight is 157 g/mol. The van der Waals surface area contributed by atoms with E-state index in [1.165, 1.54) is 11.8 Å². The maximum atomic E-state index is 11.3. The second-order valence-corrected chi connectivity index (χ2v) is 2.70. The summed E-state index contributed by atoms with van der Waals surface area (Å²) < 4.78 is 34.0. The predicted molar refractivity (Wildman–Crippen MR) is 33.4 cm³/mol. The summed E-state index contributed by atoms with van der Waals surface area (Å²) in [5.74, 6) is 0.642. The van der Waals surface area contributed by atoms with Crippen LogP contribution < -0.4 is 0 Å². The van der Waals surface area contributed by atoms with Crippen LogP contribution in [0.25, 0.3) is 0 Å². The number of rotatable bonds is 3. The number of alkyl halides is 3. The molecule has 0 aromatic rings. The third-order valence-electron chi connectivity index (χ3n) is 0.674. The molecule has 0 fully saturated rings. The molecule has 0 aliphatic rings. The summed E-state index contributed by atoms with van der Waals surface area (Å²) in [7, 11) is 0. The molecule has 4 heteroatoms. The first-order chi connectivity index (χ1) is 4.06. The summed E-state index contributed by atoms with van der Waals surface area (Å²) in [5.41, 5.74) is 0. The molecule has 0 aromatic carbocycles. The van der Waals surface area contributed by atoms with Crippen molar-refractivity contribution < 1.29 is 13.2 Å². The van der Waals surface area contributed by atoms with E-state index in [0.29, 0.717) is 5.75 Å². The highest BCUT2D eigenvalue weighted by molar-refractivity contribution is 7.99. The molecule has 0 heterocycles. The molecule has 0 amide bonds. The zero-order valence-electron chi connectivity index (χ0n) is 4.87. The predicted octanol–water partition coefficient (Wildman–Crippen LogP) is 2.51. The average Bonchev–Trinajstić information content (AvgIpc) is 1.63. The van der Waals surface area contributed by atoms with Crippen molar-refractivity contribution in [3.63, 3.8) is 0 Å². The van der Waals surface area contributed by atoms with Crippen molar-refractivity contribution in [1.82, 2.24) is 0 Å². The van der Waals surface area contributed by atoms with Gasteiger partial charge in [0.05, 0.1) is 6.42 Å². The molecule has 9 heavy (non-hydrogen) atoms. The number of hydrogen-bond donors (Lipinski definition) is 0. The second kappa shape index (κ2) is 4.04. The molecule has 0 atom stereocenters. The molecule has 55 valence electrons. The minimum Gasteiger partial charge on any atom is -0.171 e. The van der Waals surface area contributed by atoms with Crippen LogP contribution in [0.15, 0.2) is 0 Å². The third-order valence-corrected chi connectivity index (χ3v) is 1.46. The van der Waals surface area contributed by atoms with E-state index in [1.54, 1.807) is 0 Å². The summed E-state index contributed by atoms with van der Waals surface area (Å²) in [5, 5.41) is 0. The van der Waals surface area contributed by atoms with E-state index >= 15 is 0 Å². The summed E-state index contributed by atoms with van der Waals surface area (Å²) in [6.45, 7) is 3.40. The van der Waals surface area contributed by atoms with Crippen molar-refractivity contribution in [3.8, 4) is 0 Å². The van der Waals surface area contributed by atoms with Crippen molar-refractivity contribution in [2.75, 3.05) is 11.5 Å². The largest absolute Gasteiger partial charge is 0.389 e. The maximum Gasteiger partial charge on any atom is 0.389 e. The summed E-state index contributed by atoms with van der Waals surface area (Å²) in [4.78, 5) is 0. The van der Waals surface area contributed by atoms with Gasteiger partial charge in [0.1, 0.15) is 0 Å². The van der Waals surface area contributed by atoms with Crippen LogP contribution in [0.2, 0.25) is 0 Å². The van der Waals surface area contributed by atoms with Crippen LogP contribution in [-0.4, -0.2) is 17.7 Å². The van der Waals surface area contributed by atoms with E-state index in [4.69, 9.17) is 0 Å². The molecule has 0 N–H and O–H groups in total. The molecule has 0 saturated carbocycles. The van der Waals surface area contributed by atoms with Gasteiger partial charge in [0.25, 0.3) is 0 Å². The third kappa shape index (κ3) is 8.14. The molecule has 0 unspecified atom stereocenters. The van der Waals surface area contributed by atoms with Crippen LogP contribution in [-0.2, 0) is 0 Å². The van der Waals surface area contributed by atoms with E-state index in [2.05, 4.69) is 6.92 Å². The molecule has 0 nitrogen and oxygen atoms in total. The van der Waals surface area contributed by atoms with Gasteiger partial charge >= 0.3 is 6.18 Å². The van der Waals surface area contributed by atoms with E-state index in [-0.39, 0.29) is 5.75 Å². The van der Waals surface area contributed by atoms with Crippen LogP contribution >= 0.6 is 11.8 Å². The first-order valence-electron chi connectivity index (χ1n) is 2.50. The van der Waals surface area contributed by atoms with Gasteiger partial charge in [-0.3, -0.25) is 0 Å². The first-order valence-corrected chi connectivity index (χ1v) is 3.65. The molecule has 0 rings (SSSR count). The topological polar surface area (TPSA) is 0 Å². The Labute approximate surface area is 56.8 Å². The van der Waals surface area contributed by atoms with Crippen LogP contribution in [0.5, 0.6) is 0 Å². The number of halogens is 3. The zero-order valence-corrected chi connectivity index (χ0v) is 5.69. The molecule has 0 saturated heterocycles. The Hall–Kier alpha value is 0.140. The van der Waals surface area contributed by atoms with Gasteiger partial charge in [0, 0.05) is 5.75 Å². The van der Waals surface area contributed by atoms with E-state index in [0.717, 1.165) is 0 Å². The highest BCUT2D eigenvalue weighted by Crippen LogP contribution is 2.21. The smallest absolute Gasteiger partial charge is 0.171 e. The summed E-state index contributed by atoms with van der Waals surface area (Å²) in [6.07, 6.45) is -4.70. The monoisotopic (exact) mass is 157 g/mol. The lowest BCUT2D eigenvalue weighted by Gasteiger charge is -2.03. The fraction of sp³-hybridized carbons (Fsp3) is 0.800. The standard InChI is InChI=1S/C5H8F3S/c1-2-9-4-3-5(6,7)8/h1-4H2. The minimum absolute atomic E-state index is 0.132. The Balaban J connectivity index is 3.07. The van der Waals surface area contributed by atoms with Crippen molar-refractivity contribution >= 4 is 11.8 Å². The quantitative estimate of drug-likeness (QED) is 0.567. The van der Waals surface area contributed by atoms with E-state index in [1.807, 2.05) is 0 Å². The van der Waals surface area contributed by atoms with Crippen LogP contribution in [0.1, 0.15) is 6.42 Å². The molecular weight excluding hydrogens is 149 g/mol. The highest BCUT2D eigenvalue weighted by Gasteiger charge is 2.25. The lowest BCUT2D eigenvalue weighted by Crippen LogP contribution is -2.08. The Bertz CT molecular complexity index is 69.1. The fourth-order valence-electron chi connectivity index (χ4n) is 0.290. The van der Waals surface area contributed by atoms with Crippen LogP contribution in [0.3, 0.4) is 0 Å². The van der Waals surface area contributed by atoms with Crippen LogP contribution in [0, 0.1) is 6.92 Å². The molecule has 0 bridgehead atoms. The van der Waals surface area contributed by atoms with Gasteiger partial charge < -0.3 is 0 Å². The highest BCUT2D eigenvalue weighted by atomic mass is 32.2. The Morgan fingerprint density at radius 1 is 1.33 bits per heavy atom. The van der Waals surface area contributed by atoms with Gasteiger partial charge in [-0.05, 0) is 12.7 Å². The van der Waals surface area contributed by atoms with Gasteiger partial charge in [-0.25, -0.2) is 0 Å². The fourth-order valence-corrected chi connectivity index (χ4v) is 0.870. The lowest BCUT2D eigenvalue weighted by atomic mass is 10.5. The van der Waals surface area contributed by atoms with Crippen molar-refractivity contribution in [2.24, 2.45) is 0 Å². The Morgan fingerprint density at radius 3 is 2.22 bits per heavy atom. The second-order valence-electron chi connectivity index (χ2n) is 1.48. The lowest BCUT2D eigenvalue weighted by molar-refractivity contribution is -0.129. The molecular formula is C5H8F3S. The van der Waals surface area contributed by atoms with Crippen molar-refractivity contribution in [3.05, 3.63) is 6.92 Å². The van der Waals surface area contributed by atoms with Gasteiger partial charge in [-0.15, -0.1) is 0 Å². The molecule has 0 spiro atoms. The molecule has 0 aliphatic carbocycles. The molecule has 0 aromatic heterocycles. The Morgan fingerprint density at radius 2 is 1.89 bits per heavy atom. The van der Waals surface area contributed by atoms with Crippen molar-refractivity contribution in [1.29, 1.82) is 0 Å². The summed E-state index contributed by atoms with van der Waals surface area (Å²) in [6, 6.07) is 0. The van der Waals surface area contributed by atoms with Gasteiger partial charge in [-0.1, -0.05) is 0 Å². The van der Waals surface area contributed by atoms with E-state index < -0.39 is 12.6 Å². The van der Waals surface area contributed by atoms with Gasteiger partial charge in [-0.2, -0.15) is 24.9 Å².